The van der Waals surface area contributed by atoms with Gasteiger partial charge in [-0.2, -0.15) is 0 Å². The van der Waals surface area contributed by atoms with E-state index in [9.17, 15) is 18.0 Å². The number of nitrogens with zero attached hydrogens (tertiary/aromatic N) is 1. The minimum atomic E-state index is -4.59. The second-order valence-electron chi connectivity index (χ2n) is 4.01. The van der Waals surface area contributed by atoms with Crippen LogP contribution in [-0.4, -0.2) is 23.3 Å². The average molecular weight is 247 g/mol. The first-order valence-corrected chi connectivity index (χ1v) is 5.38. The van der Waals surface area contributed by atoms with Crippen molar-refractivity contribution in [2.75, 3.05) is 6.61 Å². The lowest BCUT2D eigenvalue weighted by molar-refractivity contribution is -0.325. The third-order valence-corrected chi connectivity index (χ3v) is 2.73. The molecule has 1 aromatic heterocycles. The van der Waals surface area contributed by atoms with E-state index in [1.165, 1.54) is 0 Å². The van der Waals surface area contributed by atoms with Gasteiger partial charge in [-0.25, -0.2) is 0 Å². The number of ketones is 1. The molecule has 0 N–H and O–H groups in total. The van der Waals surface area contributed by atoms with Crippen LogP contribution in [0.15, 0.2) is 12.4 Å². The number of aryl methyl sites for hydroxylation is 1. The summed E-state index contributed by atoms with van der Waals surface area (Å²) < 4.78 is 40.6. The van der Waals surface area contributed by atoms with Gasteiger partial charge in [-0.3, -0.25) is 9.53 Å². The molecular formula is C11H12F3NO2. The van der Waals surface area contributed by atoms with Crippen LogP contribution in [0, 0.1) is 0 Å². The standard InChI is InChI=1S/C11H12F3NO2/c12-11(13,14)17-5-4-15-6-8-2-1-3-10(16)9(8)7-15/h6-7H,1-5H2. The van der Waals surface area contributed by atoms with Crippen molar-refractivity contribution in [2.45, 2.75) is 32.2 Å². The second kappa shape index (κ2) is 4.52. The Morgan fingerprint density at radius 1 is 1.29 bits per heavy atom. The van der Waals surface area contributed by atoms with Gasteiger partial charge >= 0.3 is 6.36 Å². The molecule has 17 heavy (non-hydrogen) atoms. The van der Waals surface area contributed by atoms with Crippen molar-refractivity contribution in [3.05, 3.63) is 23.5 Å². The van der Waals surface area contributed by atoms with E-state index in [1.54, 1.807) is 17.0 Å². The molecule has 0 bridgehead atoms. The average Bonchev–Trinajstić information content (AvgIpc) is 2.60. The molecule has 0 saturated heterocycles. The van der Waals surface area contributed by atoms with Gasteiger partial charge in [-0.05, 0) is 18.4 Å². The van der Waals surface area contributed by atoms with Crippen LogP contribution in [0.4, 0.5) is 13.2 Å². The number of carbonyl (C=O) groups is 1. The van der Waals surface area contributed by atoms with Crippen molar-refractivity contribution in [2.24, 2.45) is 0 Å². The van der Waals surface area contributed by atoms with Gasteiger partial charge < -0.3 is 4.57 Å². The summed E-state index contributed by atoms with van der Waals surface area (Å²) >= 11 is 0. The SMILES string of the molecule is O=C1CCCc2cn(CCOC(F)(F)F)cc21. The lowest BCUT2D eigenvalue weighted by Crippen LogP contribution is -2.16. The lowest BCUT2D eigenvalue weighted by Gasteiger charge is -2.07. The summed E-state index contributed by atoms with van der Waals surface area (Å²) in [5.74, 6) is 0.0711. The summed E-state index contributed by atoms with van der Waals surface area (Å²) in [5.41, 5.74) is 1.57. The Balaban J connectivity index is 1.97. The Morgan fingerprint density at radius 3 is 2.71 bits per heavy atom. The summed E-state index contributed by atoms with van der Waals surface area (Å²) in [4.78, 5) is 11.5. The van der Waals surface area contributed by atoms with E-state index in [4.69, 9.17) is 0 Å². The number of halogens is 3. The topological polar surface area (TPSA) is 31.2 Å². The van der Waals surface area contributed by atoms with Crippen LogP contribution in [0.2, 0.25) is 0 Å². The molecule has 0 saturated carbocycles. The van der Waals surface area contributed by atoms with Crippen molar-refractivity contribution in [1.82, 2.24) is 4.57 Å². The highest BCUT2D eigenvalue weighted by atomic mass is 19.4. The van der Waals surface area contributed by atoms with E-state index in [0.717, 1.165) is 18.4 Å². The molecule has 1 aromatic rings. The summed E-state index contributed by atoms with van der Waals surface area (Å²) in [5, 5.41) is 0. The molecule has 0 atom stereocenters. The van der Waals surface area contributed by atoms with Gasteiger partial charge in [-0.15, -0.1) is 13.2 Å². The maximum absolute atomic E-state index is 11.8. The van der Waals surface area contributed by atoms with Crippen LogP contribution in [-0.2, 0) is 17.7 Å². The fraction of sp³-hybridized carbons (Fsp3) is 0.545. The monoisotopic (exact) mass is 247 g/mol. The van der Waals surface area contributed by atoms with Crippen molar-refractivity contribution in [3.63, 3.8) is 0 Å². The van der Waals surface area contributed by atoms with Crippen molar-refractivity contribution in [3.8, 4) is 0 Å². The maximum atomic E-state index is 11.8. The molecule has 0 aliphatic heterocycles. The van der Waals surface area contributed by atoms with E-state index >= 15 is 0 Å². The fourth-order valence-electron chi connectivity index (χ4n) is 1.98. The molecule has 0 radical (unpaired) electrons. The van der Waals surface area contributed by atoms with Gasteiger partial charge in [0.05, 0.1) is 6.61 Å². The van der Waals surface area contributed by atoms with Crippen LogP contribution in [0.1, 0.15) is 28.8 Å². The van der Waals surface area contributed by atoms with Gasteiger partial charge in [0.15, 0.2) is 5.78 Å². The van der Waals surface area contributed by atoms with Crippen molar-refractivity contribution >= 4 is 5.78 Å². The molecular weight excluding hydrogens is 235 g/mol. The molecule has 1 aliphatic carbocycles. The number of rotatable bonds is 3. The highest BCUT2D eigenvalue weighted by Gasteiger charge is 2.28. The lowest BCUT2D eigenvalue weighted by atomic mass is 9.95. The van der Waals surface area contributed by atoms with E-state index in [0.29, 0.717) is 12.0 Å². The number of carbonyl (C=O) groups excluding carboxylic acids is 1. The van der Waals surface area contributed by atoms with Crippen LogP contribution in [0.3, 0.4) is 0 Å². The van der Waals surface area contributed by atoms with E-state index in [2.05, 4.69) is 4.74 Å². The zero-order valence-electron chi connectivity index (χ0n) is 9.09. The molecule has 1 heterocycles. The normalized spacial score (nSPS) is 16.1. The Labute approximate surface area is 96.2 Å². The van der Waals surface area contributed by atoms with E-state index in [1.807, 2.05) is 0 Å². The molecule has 1 aliphatic rings. The Kier molecular flexibility index (Phi) is 3.24. The molecule has 0 fully saturated rings. The smallest absolute Gasteiger partial charge is 0.351 e. The predicted octanol–water partition coefficient (Wildman–Crippen LogP) is 2.54. The minimum absolute atomic E-state index is 0.0711. The zero-order chi connectivity index (χ0) is 12.5. The van der Waals surface area contributed by atoms with Crippen molar-refractivity contribution < 1.29 is 22.7 Å². The molecule has 3 nitrogen and oxygen atoms in total. The van der Waals surface area contributed by atoms with Gasteiger partial charge in [0.25, 0.3) is 0 Å². The van der Waals surface area contributed by atoms with E-state index < -0.39 is 13.0 Å². The van der Waals surface area contributed by atoms with Gasteiger partial charge in [-0.1, -0.05) is 0 Å². The number of Topliss-reactive ketones (excluding diaryl/α,β-unsaturated/α-hetero) is 1. The number of aromatic nitrogens is 1. The molecule has 0 unspecified atom stereocenters. The van der Waals surface area contributed by atoms with Crippen LogP contribution in [0.25, 0.3) is 0 Å². The van der Waals surface area contributed by atoms with Crippen LogP contribution >= 0.6 is 0 Å². The van der Waals surface area contributed by atoms with Crippen LogP contribution in [0.5, 0.6) is 0 Å². The summed E-state index contributed by atoms with van der Waals surface area (Å²) in [6.07, 6.45) is 0.893. The van der Waals surface area contributed by atoms with Gasteiger partial charge in [0.2, 0.25) is 0 Å². The summed E-state index contributed by atoms with van der Waals surface area (Å²) in [6.45, 7) is -0.342. The Morgan fingerprint density at radius 2 is 2.06 bits per heavy atom. The maximum Gasteiger partial charge on any atom is 0.522 e. The number of hydrogen-bond donors (Lipinski definition) is 0. The molecule has 2 rings (SSSR count). The fourth-order valence-corrected chi connectivity index (χ4v) is 1.98. The molecule has 0 spiro atoms. The Bertz CT molecular complexity index is 423. The highest BCUT2D eigenvalue weighted by molar-refractivity contribution is 5.98. The van der Waals surface area contributed by atoms with E-state index in [-0.39, 0.29) is 12.3 Å². The first-order valence-electron chi connectivity index (χ1n) is 5.38. The third-order valence-electron chi connectivity index (χ3n) is 2.73. The number of fused-ring (bicyclic) bond motifs is 1. The zero-order valence-corrected chi connectivity index (χ0v) is 9.09. The molecule has 0 aromatic carbocycles. The van der Waals surface area contributed by atoms with Gasteiger partial charge in [0, 0.05) is 30.9 Å². The second-order valence-corrected chi connectivity index (χ2v) is 4.01. The quantitative estimate of drug-likeness (QED) is 0.821. The number of alkyl halides is 3. The first kappa shape index (κ1) is 12.2. The van der Waals surface area contributed by atoms with Crippen LogP contribution < -0.4 is 0 Å². The number of hydrogen-bond acceptors (Lipinski definition) is 2. The largest absolute Gasteiger partial charge is 0.522 e. The predicted molar refractivity (Wildman–Crippen MR) is 53.7 cm³/mol. The van der Waals surface area contributed by atoms with Gasteiger partial charge in [0.1, 0.15) is 0 Å². The minimum Gasteiger partial charge on any atom is -0.351 e. The summed E-state index contributed by atoms with van der Waals surface area (Å²) in [7, 11) is 0. The molecule has 94 valence electrons. The Hall–Kier alpha value is -1.30. The highest BCUT2D eigenvalue weighted by Crippen LogP contribution is 2.22. The summed E-state index contributed by atoms with van der Waals surface area (Å²) in [6, 6.07) is 0. The first-order chi connectivity index (χ1) is 7.96. The molecule has 6 heteroatoms. The number of ether oxygens (including phenoxy) is 1. The molecule has 0 amide bonds. The third kappa shape index (κ3) is 3.09. The van der Waals surface area contributed by atoms with Crippen molar-refractivity contribution in [1.29, 1.82) is 0 Å².